The van der Waals surface area contributed by atoms with Crippen LogP contribution in [0.25, 0.3) is 22.1 Å². The van der Waals surface area contributed by atoms with Gasteiger partial charge in [-0.15, -0.1) is 0 Å². The van der Waals surface area contributed by atoms with Gasteiger partial charge in [0.25, 0.3) is 0 Å². The van der Waals surface area contributed by atoms with Crippen LogP contribution in [-0.2, 0) is 0 Å². The summed E-state index contributed by atoms with van der Waals surface area (Å²) in [5.41, 5.74) is 4.23. The summed E-state index contributed by atoms with van der Waals surface area (Å²) >= 11 is -0.401. The molecule has 2 heterocycles. The fourth-order valence-corrected chi connectivity index (χ4v) is 4.11. The van der Waals surface area contributed by atoms with Crippen LogP contribution in [0, 0.1) is 7.66 Å². The molecule has 0 radical (unpaired) electrons. The second kappa shape index (κ2) is 4.34. The van der Waals surface area contributed by atoms with E-state index >= 15 is 0 Å². The summed E-state index contributed by atoms with van der Waals surface area (Å²) in [5, 5.41) is 0. The Hall–Kier alpha value is -1.89. The number of aromatic nitrogens is 4. The number of imidazole rings is 2. The normalized spacial score (nSPS) is 11.6. The molecule has 0 unspecified atom stereocenters. The van der Waals surface area contributed by atoms with Gasteiger partial charge in [-0.05, 0) is 0 Å². The van der Waals surface area contributed by atoms with Crippen LogP contribution < -0.4 is 21.2 Å². The van der Waals surface area contributed by atoms with E-state index < -0.39 is 21.2 Å². The monoisotopic (exact) mass is 361 g/mol. The number of nitrogens with zero attached hydrogens (tertiary/aromatic N) is 2. The van der Waals surface area contributed by atoms with Crippen LogP contribution in [0.2, 0.25) is 0 Å². The SMILES string of the molecule is c1ccc2[nH]c([I-]c3nc4ccccc4[nH]3)nc2c1. The van der Waals surface area contributed by atoms with Gasteiger partial charge in [0.15, 0.2) is 0 Å². The van der Waals surface area contributed by atoms with Gasteiger partial charge >= 0.3 is 119 Å². The summed E-state index contributed by atoms with van der Waals surface area (Å²) < 4.78 is 2.08. The zero-order valence-electron chi connectivity index (χ0n) is 9.89. The quantitative estimate of drug-likeness (QED) is 0.476. The molecule has 0 saturated carbocycles. The summed E-state index contributed by atoms with van der Waals surface area (Å²) in [4.78, 5) is 16.0. The average Bonchev–Trinajstić information content (AvgIpc) is 3.00. The third kappa shape index (κ3) is 1.99. The first kappa shape index (κ1) is 11.0. The molecule has 0 amide bonds. The molecule has 0 aliphatic rings. The van der Waals surface area contributed by atoms with Gasteiger partial charge in [-0.1, -0.05) is 0 Å². The number of nitrogens with one attached hydrogen (secondary N) is 2. The number of benzene rings is 2. The second-order valence-corrected chi connectivity index (χ2v) is 6.77. The number of hydrogen-bond acceptors (Lipinski definition) is 2. The van der Waals surface area contributed by atoms with E-state index in [1.165, 1.54) is 0 Å². The number of para-hydroxylation sites is 4. The van der Waals surface area contributed by atoms with Gasteiger partial charge in [-0.3, -0.25) is 0 Å². The molecule has 0 saturated heterocycles. The first-order chi connectivity index (χ1) is 9.38. The van der Waals surface area contributed by atoms with Crippen LogP contribution in [0.3, 0.4) is 0 Å². The first-order valence-electron chi connectivity index (χ1n) is 5.93. The Labute approximate surface area is 119 Å². The molecule has 0 fully saturated rings. The van der Waals surface area contributed by atoms with Gasteiger partial charge in [0.05, 0.1) is 0 Å². The summed E-state index contributed by atoms with van der Waals surface area (Å²) in [6.07, 6.45) is 0. The molecule has 4 nitrogen and oxygen atoms in total. The van der Waals surface area contributed by atoms with Crippen molar-refractivity contribution in [1.82, 2.24) is 19.9 Å². The molecule has 4 aromatic rings. The standard InChI is InChI=1S/C14H10IN4/c1-2-6-10-9(5-1)16-13(17-10)15-14-18-11-7-3-4-8-12(11)19-14/h1-8H,(H,16,17)(H,18,19)/q-1. The Kier molecular flexibility index (Phi) is 2.51. The summed E-state index contributed by atoms with van der Waals surface area (Å²) in [7, 11) is 0. The van der Waals surface area contributed by atoms with E-state index in [2.05, 4.69) is 19.9 Å². The van der Waals surface area contributed by atoms with Crippen molar-refractivity contribution in [2.75, 3.05) is 0 Å². The molecule has 0 atom stereocenters. The predicted octanol–water partition coefficient (Wildman–Crippen LogP) is -0.432. The Bertz CT molecular complexity index is 724. The van der Waals surface area contributed by atoms with Gasteiger partial charge in [-0.2, -0.15) is 0 Å². The van der Waals surface area contributed by atoms with E-state index in [0.717, 1.165) is 29.7 Å². The van der Waals surface area contributed by atoms with Crippen LogP contribution in [0.4, 0.5) is 0 Å². The van der Waals surface area contributed by atoms with Crippen molar-refractivity contribution in [2.45, 2.75) is 0 Å². The minimum absolute atomic E-state index is 0.401. The third-order valence-electron chi connectivity index (χ3n) is 2.90. The number of fused-ring (bicyclic) bond motifs is 2. The van der Waals surface area contributed by atoms with Crippen molar-refractivity contribution in [1.29, 1.82) is 0 Å². The molecule has 94 valence electrons. The Morgan fingerprint density at radius 2 is 1.16 bits per heavy atom. The van der Waals surface area contributed by atoms with Crippen LogP contribution in [0.1, 0.15) is 0 Å². The second-order valence-electron chi connectivity index (χ2n) is 4.18. The summed E-state index contributed by atoms with van der Waals surface area (Å²) in [6, 6.07) is 16.2. The minimum atomic E-state index is -0.401. The molecular weight excluding hydrogens is 351 g/mol. The Morgan fingerprint density at radius 3 is 1.63 bits per heavy atom. The van der Waals surface area contributed by atoms with Crippen LogP contribution in [0.5, 0.6) is 0 Å². The molecule has 19 heavy (non-hydrogen) atoms. The van der Waals surface area contributed by atoms with E-state index in [1.54, 1.807) is 0 Å². The Morgan fingerprint density at radius 1 is 0.684 bits per heavy atom. The van der Waals surface area contributed by atoms with Crippen molar-refractivity contribution in [3.63, 3.8) is 0 Å². The van der Waals surface area contributed by atoms with Gasteiger partial charge < -0.3 is 0 Å². The molecular formula is C14H10IN4-. The number of halogens is 1. The van der Waals surface area contributed by atoms with Crippen molar-refractivity contribution >= 4 is 22.1 Å². The summed E-state index contributed by atoms with van der Waals surface area (Å²) in [5.74, 6) is 0. The number of aromatic amines is 2. The Balaban J connectivity index is 1.73. The molecule has 2 aromatic heterocycles. The predicted molar refractivity (Wildman–Crippen MR) is 69.6 cm³/mol. The van der Waals surface area contributed by atoms with E-state index in [0.29, 0.717) is 0 Å². The van der Waals surface area contributed by atoms with Crippen molar-refractivity contribution in [3.8, 4) is 0 Å². The molecule has 0 spiro atoms. The molecule has 2 N–H and O–H groups in total. The molecule has 0 aliphatic carbocycles. The molecule has 0 aliphatic heterocycles. The van der Waals surface area contributed by atoms with Crippen LogP contribution in [0.15, 0.2) is 48.5 Å². The zero-order chi connectivity index (χ0) is 12.7. The number of H-pyrrole nitrogens is 2. The van der Waals surface area contributed by atoms with Gasteiger partial charge in [0.2, 0.25) is 0 Å². The van der Waals surface area contributed by atoms with E-state index in [1.807, 2.05) is 48.5 Å². The fraction of sp³-hybridized carbons (Fsp3) is 0. The topological polar surface area (TPSA) is 57.4 Å². The van der Waals surface area contributed by atoms with Gasteiger partial charge in [0, 0.05) is 0 Å². The average molecular weight is 361 g/mol. The van der Waals surface area contributed by atoms with Crippen molar-refractivity contribution in [3.05, 3.63) is 56.2 Å². The fourth-order valence-electron chi connectivity index (χ4n) is 2.02. The van der Waals surface area contributed by atoms with Crippen LogP contribution >= 0.6 is 0 Å². The van der Waals surface area contributed by atoms with E-state index in [4.69, 9.17) is 0 Å². The van der Waals surface area contributed by atoms with Crippen molar-refractivity contribution < 1.29 is 21.2 Å². The van der Waals surface area contributed by atoms with Crippen molar-refractivity contribution in [2.24, 2.45) is 0 Å². The first-order valence-corrected chi connectivity index (χ1v) is 8.08. The molecule has 2 aromatic carbocycles. The van der Waals surface area contributed by atoms with Gasteiger partial charge in [0.1, 0.15) is 0 Å². The van der Waals surface area contributed by atoms with Gasteiger partial charge in [-0.25, -0.2) is 0 Å². The van der Waals surface area contributed by atoms with Crippen LogP contribution in [-0.4, -0.2) is 19.9 Å². The number of rotatable bonds is 2. The molecule has 0 bridgehead atoms. The zero-order valence-corrected chi connectivity index (χ0v) is 12.0. The maximum atomic E-state index is 4.61. The third-order valence-corrected chi connectivity index (χ3v) is 4.94. The molecule has 4 rings (SSSR count). The van der Waals surface area contributed by atoms with E-state index in [-0.39, 0.29) is 0 Å². The summed E-state index contributed by atoms with van der Waals surface area (Å²) in [6.45, 7) is 0. The number of hydrogen-bond donors (Lipinski definition) is 2. The maximum absolute atomic E-state index is 4.61. The van der Waals surface area contributed by atoms with E-state index in [9.17, 15) is 0 Å². The molecule has 5 heteroatoms.